The number of aliphatic hydroxyl groups excluding tert-OH is 1. The van der Waals surface area contributed by atoms with Gasteiger partial charge in [-0.05, 0) is 66.8 Å². The van der Waals surface area contributed by atoms with Crippen molar-refractivity contribution in [2.45, 2.75) is 13.8 Å². The normalized spacial score (nSPS) is 20.1. The van der Waals surface area contributed by atoms with Gasteiger partial charge in [0.15, 0.2) is 0 Å². The van der Waals surface area contributed by atoms with Crippen molar-refractivity contribution in [1.82, 2.24) is 4.98 Å². The molecule has 0 saturated carbocycles. The van der Waals surface area contributed by atoms with Crippen LogP contribution in [-0.4, -0.2) is 27.2 Å². The summed E-state index contributed by atoms with van der Waals surface area (Å²) in [5.41, 5.74) is 5.98. The number of fused-ring (bicyclic) bond motifs is 5. The molecule has 2 N–H and O–H groups in total. The van der Waals surface area contributed by atoms with Gasteiger partial charge >= 0.3 is 0 Å². The minimum atomic E-state index is 0.0204. The number of nitrogens with zero attached hydrogens (tertiary/aromatic N) is 3. The maximum absolute atomic E-state index is 10.6. The van der Waals surface area contributed by atoms with Crippen LogP contribution in [0.15, 0.2) is 86.7 Å². The van der Waals surface area contributed by atoms with E-state index in [1.165, 1.54) is 0 Å². The van der Waals surface area contributed by atoms with Gasteiger partial charge in [0.05, 0.1) is 39.6 Å². The Hall–Kier alpha value is -3.73. The zero-order chi connectivity index (χ0) is 20.0. The highest BCUT2D eigenvalue weighted by molar-refractivity contribution is 6.20. The molecule has 0 atom stereocenters. The molecule has 8 bridgehead atoms. The first kappa shape index (κ1) is 17.4. The third-order valence-corrected chi connectivity index (χ3v) is 4.93. The van der Waals surface area contributed by atoms with Crippen molar-refractivity contribution in [2.75, 3.05) is 0 Å². The van der Waals surface area contributed by atoms with Crippen molar-refractivity contribution in [1.29, 1.82) is 0 Å². The molecule has 0 spiro atoms. The number of aromatic nitrogens is 1. The second-order valence-corrected chi connectivity index (χ2v) is 7.55. The van der Waals surface area contributed by atoms with Crippen LogP contribution in [0.4, 0.5) is 0 Å². The van der Waals surface area contributed by atoms with Gasteiger partial charge in [-0.1, -0.05) is 13.8 Å². The quantitative estimate of drug-likeness (QED) is 0.771. The van der Waals surface area contributed by atoms with Crippen LogP contribution < -0.4 is 10.6 Å². The van der Waals surface area contributed by atoms with Gasteiger partial charge in [-0.15, -0.1) is 0 Å². The Morgan fingerprint density at radius 3 is 1.83 bits per heavy atom. The summed E-state index contributed by atoms with van der Waals surface area (Å²) in [6, 6.07) is 1.96. The van der Waals surface area contributed by atoms with E-state index in [1.54, 1.807) is 0 Å². The predicted octanol–water partition coefficient (Wildman–Crippen LogP) is 3.27. The molecular weight excluding hydrogens is 360 g/mol. The van der Waals surface area contributed by atoms with Crippen LogP contribution in [0.5, 0.6) is 0 Å². The second-order valence-electron chi connectivity index (χ2n) is 7.55. The van der Waals surface area contributed by atoms with Gasteiger partial charge in [-0.3, -0.25) is 0 Å². The minimum absolute atomic E-state index is 0.0204. The number of rotatable bonds is 1. The van der Waals surface area contributed by atoms with Crippen LogP contribution in [0.2, 0.25) is 0 Å². The predicted molar refractivity (Wildman–Crippen MR) is 119 cm³/mol. The van der Waals surface area contributed by atoms with Gasteiger partial charge in [0.2, 0.25) is 0 Å². The summed E-state index contributed by atoms with van der Waals surface area (Å²) in [5.74, 6) is 0.369. The molecule has 29 heavy (non-hydrogen) atoms. The van der Waals surface area contributed by atoms with Gasteiger partial charge in [-0.25, -0.2) is 15.0 Å². The Labute approximate surface area is 168 Å². The molecule has 5 heterocycles. The number of nitrogens with one attached hydrogen (secondary N) is 1. The molecule has 142 valence electrons. The van der Waals surface area contributed by atoms with Crippen molar-refractivity contribution in [3.63, 3.8) is 0 Å². The Kier molecular flexibility index (Phi) is 4.02. The molecular formula is C24H20N4O. The SMILES string of the molecule is CC(C)C(O)=c1cc2[nH]c1=CC1=NC(=CC3=NC(=CC4=NC(=C2)C=C4)C=C3)C=C1. The van der Waals surface area contributed by atoms with Gasteiger partial charge in [0, 0.05) is 16.8 Å². The van der Waals surface area contributed by atoms with Gasteiger partial charge in [-0.2, -0.15) is 0 Å². The lowest BCUT2D eigenvalue weighted by molar-refractivity contribution is 0.446. The fraction of sp³-hybridized carbons (Fsp3) is 0.125. The number of aromatic amines is 1. The molecule has 1 aromatic heterocycles. The van der Waals surface area contributed by atoms with Crippen molar-refractivity contribution in [2.24, 2.45) is 20.9 Å². The molecule has 4 aliphatic rings. The Bertz CT molecular complexity index is 1320. The van der Waals surface area contributed by atoms with Crippen LogP contribution in [0.1, 0.15) is 19.5 Å². The first-order valence-electron chi connectivity index (χ1n) is 9.63. The van der Waals surface area contributed by atoms with Gasteiger partial charge < -0.3 is 10.1 Å². The van der Waals surface area contributed by atoms with E-state index >= 15 is 0 Å². The molecule has 4 aliphatic heterocycles. The topological polar surface area (TPSA) is 73.1 Å². The van der Waals surface area contributed by atoms with Crippen LogP contribution in [-0.2, 0) is 0 Å². The van der Waals surface area contributed by atoms with Crippen LogP contribution in [0, 0.1) is 5.92 Å². The summed E-state index contributed by atoms with van der Waals surface area (Å²) in [4.78, 5) is 17.3. The lowest BCUT2D eigenvalue weighted by Gasteiger charge is -2.01. The average molecular weight is 380 g/mol. The zero-order valence-corrected chi connectivity index (χ0v) is 16.2. The molecule has 0 unspecified atom stereocenters. The number of hydrogen-bond acceptors (Lipinski definition) is 4. The maximum atomic E-state index is 10.6. The van der Waals surface area contributed by atoms with Crippen LogP contribution >= 0.6 is 0 Å². The van der Waals surface area contributed by atoms with Gasteiger partial charge in [0.1, 0.15) is 5.76 Å². The van der Waals surface area contributed by atoms with Crippen LogP contribution in [0.25, 0.3) is 17.9 Å². The number of allylic oxidation sites excluding steroid dienone is 8. The summed E-state index contributed by atoms with van der Waals surface area (Å²) in [7, 11) is 0. The molecule has 5 rings (SSSR count). The lowest BCUT2D eigenvalue weighted by atomic mass is 10.1. The molecule has 0 radical (unpaired) electrons. The third-order valence-electron chi connectivity index (χ3n) is 4.93. The zero-order valence-electron chi connectivity index (χ0n) is 16.2. The molecule has 0 aromatic carbocycles. The molecule has 5 nitrogen and oxygen atoms in total. The monoisotopic (exact) mass is 380 g/mol. The average Bonchev–Trinajstić information content (AvgIpc) is 3.45. The fourth-order valence-electron chi connectivity index (χ4n) is 3.48. The van der Waals surface area contributed by atoms with E-state index in [2.05, 4.69) is 20.0 Å². The largest absolute Gasteiger partial charge is 0.511 e. The maximum Gasteiger partial charge on any atom is 0.104 e. The fourth-order valence-corrected chi connectivity index (χ4v) is 3.48. The summed E-state index contributed by atoms with van der Waals surface area (Å²) >= 11 is 0. The smallest absolute Gasteiger partial charge is 0.104 e. The molecule has 0 fully saturated rings. The Morgan fingerprint density at radius 1 is 0.759 bits per heavy atom. The summed E-state index contributed by atoms with van der Waals surface area (Å²) < 4.78 is 0. The number of H-pyrrole nitrogens is 1. The first-order valence-corrected chi connectivity index (χ1v) is 9.63. The summed E-state index contributed by atoms with van der Waals surface area (Å²) in [6.07, 6.45) is 19.7. The van der Waals surface area contributed by atoms with Crippen molar-refractivity contribution in [3.05, 3.63) is 88.0 Å². The standard InChI is InChI=1S/C24H20N4O/c1-14(2)24(29)22-12-21-11-19-6-5-17(26-19)9-15-3-4-16(25-15)10-18-7-8-20(27-18)13-23(22)28-21/h3-14,28-29H,1-2H3. The van der Waals surface area contributed by atoms with E-state index < -0.39 is 0 Å². The van der Waals surface area contributed by atoms with E-state index in [1.807, 2.05) is 80.7 Å². The Balaban J connectivity index is 1.75. The van der Waals surface area contributed by atoms with E-state index in [4.69, 9.17) is 0 Å². The van der Waals surface area contributed by atoms with Crippen molar-refractivity contribution in [3.8, 4) is 0 Å². The first-order chi connectivity index (χ1) is 14.0. The molecule has 1 aromatic rings. The highest BCUT2D eigenvalue weighted by Crippen LogP contribution is 2.18. The Morgan fingerprint density at radius 2 is 1.28 bits per heavy atom. The minimum Gasteiger partial charge on any atom is -0.511 e. The van der Waals surface area contributed by atoms with E-state index in [0.29, 0.717) is 5.76 Å². The van der Waals surface area contributed by atoms with Gasteiger partial charge in [0.25, 0.3) is 0 Å². The summed E-state index contributed by atoms with van der Waals surface area (Å²) in [5, 5.41) is 12.2. The third kappa shape index (κ3) is 3.43. The highest BCUT2D eigenvalue weighted by Gasteiger charge is 2.11. The van der Waals surface area contributed by atoms with Crippen LogP contribution in [0.3, 0.4) is 0 Å². The van der Waals surface area contributed by atoms with E-state index in [9.17, 15) is 5.11 Å². The molecule has 0 saturated heterocycles. The lowest BCUT2D eigenvalue weighted by Crippen LogP contribution is -2.27. The molecule has 0 amide bonds. The summed E-state index contributed by atoms with van der Waals surface area (Å²) in [6.45, 7) is 3.95. The molecule has 0 aliphatic carbocycles. The number of aliphatic hydroxyl groups is 1. The highest BCUT2D eigenvalue weighted by atomic mass is 16.3. The van der Waals surface area contributed by atoms with Crippen molar-refractivity contribution >= 4 is 35.0 Å². The van der Waals surface area contributed by atoms with Crippen molar-refractivity contribution < 1.29 is 5.11 Å². The van der Waals surface area contributed by atoms with E-state index in [0.717, 1.165) is 50.5 Å². The number of aliphatic imine (C=N–C) groups is 3. The number of hydrogen-bond donors (Lipinski definition) is 2. The second kappa shape index (κ2) is 6.71. The molecule has 5 heteroatoms. The van der Waals surface area contributed by atoms with E-state index in [-0.39, 0.29) is 5.92 Å².